The van der Waals surface area contributed by atoms with Crippen LogP contribution in [-0.2, 0) is 6.54 Å². The third-order valence-electron chi connectivity index (χ3n) is 4.72. The van der Waals surface area contributed by atoms with Crippen molar-refractivity contribution in [3.63, 3.8) is 0 Å². The van der Waals surface area contributed by atoms with Gasteiger partial charge in [0.05, 0.1) is 23.9 Å². The van der Waals surface area contributed by atoms with E-state index in [1.165, 1.54) is 6.33 Å². The van der Waals surface area contributed by atoms with Gasteiger partial charge in [-0.05, 0) is 37.6 Å². The van der Waals surface area contributed by atoms with E-state index in [0.29, 0.717) is 11.5 Å². The van der Waals surface area contributed by atoms with E-state index in [9.17, 15) is 9.59 Å². The van der Waals surface area contributed by atoms with E-state index < -0.39 is 11.8 Å². The third kappa shape index (κ3) is 3.47. The second kappa shape index (κ2) is 7.23. The second-order valence-corrected chi connectivity index (χ2v) is 6.87. The fourth-order valence-electron chi connectivity index (χ4n) is 3.38. The van der Waals surface area contributed by atoms with Gasteiger partial charge >= 0.3 is 0 Å². The van der Waals surface area contributed by atoms with Crippen molar-refractivity contribution in [2.24, 2.45) is 5.73 Å². The van der Waals surface area contributed by atoms with Crippen molar-refractivity contribution in [2.45, 2.75) is 20.4 Å². The Kier molecular flexibility index (Phi) is 4.59. The third-order valence-corrected chi connectivity index (χ3v) is 4.72. The van der Waals surface area contributed by atoms with E-state index in [1.54, 1.807) is 4.90 Å². The molecule has 2 aromatic heterocycles. The molecule has 2 aromatic carbocycles. The van der Waals surface area contributed by atoms with Crippen LogP contribution in [0.2, 0.25) is 0 Å². The highest BCUT2D eigenvalue weighted by Crippen LogP contribution is 2.25. The van der Waals surface area contributed by atoms with Crippen LogP contribution < -0.4 is 10.6 Å². The summed E-state index contributed by atoms with van der Waals surface area (Å²) in [6.45, 7) is 4.11. The second-order valence-electron chi connectivity index (χ2n) is 6.87. The van der Waals surface area contributed by atoms with Crippen LogP contribution in [-0.4, -0.2) is 31.8 Å². The average molecular weight is 388 g/mol. The lowest BCUT2D eigenvalue weighted by Gasteiger charge is -2.23. The molecule has 0 aliphatic carbocycles. The Balaban J connectivity index is 1.79. The fraction of sp³-hybridized carbons (Fsp3) is 0.143. The number of carbonyl (C=O) groups is 2. The zero-order valence-electron chi connectivity index (χ0n) is 16.1. The number of hydrogen-bond donors (Lipinski definition) is 3. The van der Waals surface area contributed by atoms with Gasteiger partial charge in [0, 0.05) is 5.69 Å². The number of rotatable bonds is 5. The quantitative estimate of drug-likeness (QED) is 0.487. The number of aromatic amines is 2. The van der Waals surface area contributed by atoms with Crippen molar-refractivity contribution < 1.29 is 9.59 Å². The molecule has 4 aromatic rings. The number of carbonyl (C=O) groups excluding carboxylic acids is 2. The minimum Gasteiger partial charge on any atom is -0.364 e. The maximum absolute atomic E-state index is 13.4. The summed E-state index contributed by atoms with van der Waals surface area (Å²) < 4.78 is 0. The molecule has 8 heteroatoms. The summed E-state index contributed by atoms with van der Waals surface area (Å²) in [6.07, 6.45) is 1.29. The number of aromatic nitrogens is 4. The predicted molar refractivity (Wildman–Crippen MR) is 110 cm³/mol. The molecule has 2 heterocycles. The number of nitrogens with two attached hydrogens (primary N) is 1. The van der Waals surface area contributed by atoms with Crippen LogP contribution >= 0.6 is 0 Å². The minimum absolute atomic E-state index is 0.0496. The van der Waals surface area contributed by atoms with Crippen LogP contribution in [0.15, 0.2) is 48.8 Å². The summed E-state index contributed by atoms with van der Waals surface area (Å²) in [7, 11) is 0. The first-order valence-electron chi connectivity index (χ1n) is 9.10. The van der Waals surface area contributed by atoms with Crippen LogP contribution in [0.25, 0.3) is 11.0 Å². The molecule has 0 saturated carbocycles. The van der Waals surface area contributed by atoms with Gasteiger partial charge in [-0.2, -0.15) is 0 Å². The molecule has 29 heavy (non-hydrogen) atoms. The molecule has 146 valence electrons. The number of para-hydroxylation sites is 2. The number of hydrogen-bond acceptors (Lipinski definition) is 4. The monoisotopic (exact) mass is 388 g/mol. The molecule has 0 aliphatic heterocycles. The highest BCUT2D eigenvalue weighted by atomic mass is 16.2. The average Bonchev–Trinajstić information content (AvgIpc) is 3.32. The van der Waals surface area contributed by atoms with Gasteiger partial charge in [-0.1, -0.05) is 29.8 Å². The van der Waals surface area contributed by atoms with Gasteiger partial charge in [0.15, 0.2) is 5.69 Å². The number of nitrogens with zero attached hydrogens (tertiary/aromatic N) is 3. The van der Waals surface area contributed by atoms with E-state index in [1.807, 2.05) is 56.3 Å². The van der Waals surface area contributed by atoms with Crippen molar-refractivity contribution in [1.82, 2.24) is 19.9 Å². The minimum atomic E-state index is -0.765. The summed E-state index contributed by atoms with van der Waals surface area (Å²) in [5.74, 6) is -0.553. The molecule has 0 spiro atoms. The molecule has 0 atom stereocenters. The van der Waals surface area contributed by atoms with Gasteiger partial charge in [-0.3, -0.25) is 14.5 Å². The van der Waals surface area contributed by atoms with E-state index in [0.717, 1.165) is 22.2 Å². The van der Waals surface area contributed by atoms with Crippen LogP contribution in [0.4, 0.5) is 5.69 Å². The van der Waals surface area contributed by atoms with Crippen molar-refractivity contribution in [3.8, 4) is 0 Å². The SMILES string of the molecule is Cc1ccc(N(Cc2nc3ccccc3[nH]2)C(=O)c2[nH]cnc2C(N)=O)c(C)c1. The number of benzene rings is 2. The molecule has 0 radical (unpaired) electrons. The van der Waals surface area contributed by atoms with Crippen LogP contribution in [0.1, 0.15) is 37.9 Å². The Morgan fingerprint density at radius 2 is 1.93 bits per heavy atom. The number of H-pyrrole nitrogens is 2. The van der Waals surface area contributed by atoms with Crippen molar-refractivity contribution in [1.29, 1.82) is 0 Å². The first-order chi connectivity index (χ1) is 13.9. The molecular formula is C21H20N6O2. The Morgan fingerprint density at radius 1 is 1.14 bits per heavy atom. The molecule has 0 bridgehead atoms. The summed E-state index contributed by atoms with van der Waals surface area (Å²) in [5, 5.41) is 0. The largest absolute Gasteiger partial charge is 0.364 e. The lowest BCUT2D eigenvalue weighted by molar-refractivity contribution is 0.0953. The maximum Gasteiger partial charge on any atom is 0.277 e. The van der Waals surface area contributed by atoms with Gasteiger partial charge in [-0.25, -0.2) is 9.97 Å². The predicted octanol–water partition coefficient (Wildman–Crippen LogP) is 2.85. The van der Waals surface area contributed by atoms with Gasteiger partial charge in [0.25, 0.3) is 11.8 Å². The van der Waals surface area contributed by atoms with Gasteiger partial charge in [0.2, 0.25) is 0 Å². The summed E-state index contributed by atoms with van der Waals surface area (Å²) in [4.78, 5) is 41.1. The Labute approximate surface area is 166 Å². The number of amides is 2. The molecular weight excluding hydrogens is 368 g/mol. The highest BCUT2D eigenvalue weighted by Gasteiger charge is 2.26. The Bertz CT molecular complexity index is 1190. The number of aryl methyl sites for hydroxylation is 2. The number of primary amides is 1. The van der Waals surface area contributed by atoms with Crippen LogP contribution in [0.3, 0.4) is 0 Å². The Morgan fingerprint density at radius 3 is 2.66 bits per heavy atom. The first kappa shape index (κ1) is 18.4. The smallest absolute Gasteiger partial charge is 0.277 e. The van der Waals surface area contributed by atoms with Crippen molar-refractivity contribution in [3.05, 3.63) is 77.1 Å². The first-order valence-corrected chi connectivity index (χ1v) is 9.10. The lowest BCUT2D eigenvalue weighted by Crippen LogP contribution is -2.33. The fourth-order valence-corrected chi connectivity index (χ4v) is 3.38. The molecule has 4 N–H and O–H groups in total. The molecule has 0 fully saturated rings. The van der Waals surface area contributed by atoms with E-state index in [4.69, 9.17) is 5.73 Å². The standard InChI is InChI=1S/C21H20N6O2/c1-12-7-8-16(13(2)9-12)27(21(29)19-18(20(22)28)23-11-24-19)10-17-25-14-5-3-4-6-15(14)26-17/h3-9,11H,10H2,1-2H3,(H2,22,28)(H,23,24)(H,25,26). The molecule has 4 rings (SSSR count). The van der Waals surface area contributed by atoms with Gasteiger partial charge in [0.1, 0.15) is 11.5 Å². The van der Waals surface area contributed by atoms with E-state index >= 15 is 0 Å². The van der Waals surface area contributed by atoms with E-state index in [-0.39, 0.29) is 17.9 Å². The van der Waals surface area contributed by atoms with Crippen molar-refractivity contribution >= 4 is 28.5 Å². The van der Waals surface area contributed by atoms with Crippen LogP contribution in [0.5, 0.6) is 0 Å². The maximum atomic E-state index is 13.4. The summed E-state index contributed by atoms with van der Waals surface area (Å²) in [5.41, 5.74) is 9.76. The zero-order valence-corrected chi connectivity index (χ0v) is 16.1. The molecule has 0 unspecified atom stereocenters. The molecule has 2 amide bonds. The lowest BCUT2D eigenvalue weighted by atomic mass is 10.1. The van der Waals surface area contributed by atoms with Crippen LogP contribution in [0, 0.1) is 13.8 Å². The molecule has 8 nitrogen and oxygen atoms in total. The van der Waals surface area contributed by atoms with E-state index in [2.05, 4.69) is 19.9 Å². The zero-order chi connectivity index (χ0) is 20.5. The topological polar surface area (TPSA) is 121 Å². The highest BCUT2D eigenvalue weighted by molar-refractivity contribution is 6.11. The van der Waals surface area contributed by atoms with Gasteiger partial charge in [-0.15, -0.1) is 0 Å². The number of imidazole rings is 2. The van der Waals surface area contributed by atoms with Gasteiger partial charge < -0.3 is 15.7 Å². The molecule has 0 saturated heterocycles. The number of nitrogens with one attached hydrogen (secondary N) is 2. The van der Waals surface area contributed by atoms with Crippen molar-refractivity contribution in [2.75, 3.05) is 4.90 Å². The molecule has 0 aliphatic rings. The normalized spacial score (nSPS) is 11.0. The summed E-state index contributed by atoms with van der Waals surface area (Å²) in [6, 6.07) is 13.5. The summed E-state index contributed by atoms with van der Waals surface area (Å²) >= 11 is 0. The Hall–Kier alpha value is -3.94. The number of anilines is 1. The number of fused-ring (bicyclic) bond motifs is 1.